The highest BCUT2D eigenvalue weighted by atomic mass is 19.1. The third kappa shape index (κ3) is 3.87. The van der Waals surface area contributed by atoms with Gasteiger partial charge in [-0.2, -0.15) is 0 Å². The first-order valence-electron chi connectivity index (χ1n) is 6.55. The van der Waals surface area contributed by atoms with Crippen LogP contribution in [0.15, 0.2) is 30.3 Å². The van der Waals surface area contributed by atoms with Gasteiger partial charge in [0.05, 0.1) is 0 Å². The summed E-state index contributed by atoms with van der Waals surface area (Å²) in [4.78, 5) is 10.4. The number of benzene rings is 1. The first kappa shape index (κ1) is 15.1. The van der Waals surface area contributed by atoms with Crippen LogP contribution < -0.4 is 16.2 Å². The second-order valence-corrected chi connectivity index (χ2v) is 4.35. The van der Waals surface area contributed by atoms with E-state index in [-0.39, 0.29) is 12.4 Å². The molecule has 0 aliphatic rings. The van der Waals surface area contributed by atoms with E-state index in [1.165, 1.54) is 12.1 Å². The lowest BCUT2D eigenvalue weighted by atomic mass is 10.3. The summed E-state index contributed by atoms with van der Waals surface area (Å²) in [5.41, 5.74) is 3.17. The molecule has 0 aliphatic carbocycles. The molecule has 2 rings (SSSR count). The van der Waals surface area contributed by atoms with Crippen LogP contribution in [0.25, 0.3) is 0 Å². The van der Waals surface area contributed by atoms with Crippen LogP contribution in [-0.2, 0) is 11.3 Å². The molecule has 1 heterocycles. The number of hydrazine groups is 1. The molecule has 21 heavy (non-hydrogen) atoms. The van der Waals surface area contributed by atoms with Crippen LogP contribution in [0, 0.1) is 5.82 Å². The Kier molecular flexibility index (Phi) is 5.02. The molecule has 0 amide bonds. The van der Waals surface area contributed by atoms with Crippen molar-refractivity contribution in [3.63, 3.8) is 0 Å². The zero-order chi connectivity index (χ0) is 15.2. The Labute approximate surface area is 122 Å². The molecule has 0 bridgehead atoms. The van der Waals surface area contributed by atoms with Crippen molar-refractivity contribution in [1.82, 2.24) is 9.97 Å². The maximum absolute atomic E-state index is 13.3. The second-order valence-electron chi connectivity index (χ2n) is 4.35. The maximum atomic E-state index is 13.3. The number of nitrogens with two attached hydrogens (primary N) is 1. The van der Waals surface area contributed by atoms with Gasteiger partial charge in [-0.1, -0.05) is 6.07 Å². The van der Waals surface area contributed by atoms with Gasteiger partial charge in [-0.25, -0.2) is 20.2 Å². The van der Waals surface area contributed by atoms with Crippen molar-refractivity contribution in [3.05, 3.63) is 42.0 Å². The molecule has 7 heteroatoms. The average molecular weight is 291 g/mol. The van der Waals surface area contributed by atoms with Crippen molar-refractivity contribution in [3.8, 4) is 0 Å². The fraction of sp³-hybridized carbons (Fsp3) is 0.286. The van der Waals surface area contributed by atoms with Gasteiger partial charge in [-0.05, 0) is 25.1 Å². The van der Waals surface area contributed by atoms with Gasteiger partial charge in [0.15, 0.2) is 5.82 Å². The van der Waals surface area contributed by atoms with Crippen LogP contribution in [0.1, 0.15) is 12.7 Å². The molecule has 0 aliphatic heterocycles. The summed E-state index contributed by atoms with van der Waals surface area (Å²) in [6.45, 7) is 2.75. The number of nitrogen functional groups attached to an aromatic ring is 1. The highest BCUT2D eigenvalue weighted by Crippen LogP contribution is 2.24. The molecule has 3 N–H and O–H groups in total. The minimum Gasteiger partial charge on any atom is -0.374 e. The molecule has 0 unspecified atom stereocenters. The number of nitrogens with zero attached hydrogens (tertiary/aromatic N) is 3. The highest BCUT2D eigenvalue weighted by molar-refractivity contribution is 5.61. The van der Waals surface area contributed by atoms with Gasteiger partial charge in [-0.3, -0.25) is 0 Å². The van der Waals surface area contributed by atoms with Gasteiger partial charge in [0.2, 0.25) is 0 Å². The van der Waals surface area contributed by atoms with Gasteiger partial charge >= 0.3 is 0 Å². The summed E-state index contributed by atoms with van der Waals surface area (Å²) >= 11 is 0. The Balaban J connectivity index is 2.32. The van der Waals surface area contributed by atoms with Gasteiger partial charge in [-0.15, -0.1) is 0 Å². The summed E-state index contributed by atoms with van der Waals surface area (Å²) < 4.78 is 18.6. The summed E-state index contributed by atoms with van der Waals surface area (Å²) in [5.74, 6) is 6.69. The summed E-state index contributed by atoms with van der Waals surface area (Å²) in [5, 5.41) is 0. The fourth-order valence-corrected chi connectivity index (χ4v) is 1.80. The number of ether oxygens (including phenoxy) is 1. The zero-order valence-electron chi connectivity index (χ0n) is 12.0. The lowest BCUT2D eigenvalue weighted by molar-refractivity contribution is 0.128. The van der Waals surface area contributed by atoms with Crippen LogP contribution in [0.2, 0.25) is 0 Å². The smallest absolute Gasteiger partial charge is 0.158 e. The van der Waals surface area contributed by atoms with Crippen molar-refractivity contribution < 1.29 is 9.13 Å². The number of hydrogen-bond acceptors (Lipinski definition) is 6. The Morgan fingerprint density at radius 2 is 2.14 bits per heavy atom. The largest absolute Gasteiger partial charge is 0.374 e. The van der Waals surface area contributed by atoms with Crippen molar-refractivity contribution in [1.29, 1.82) is 0 Å². The van der Waals surface area contributed by atoms with Crippen molar-refractivity contribution >= 4 is 17.3 Å². The Morgan fingerprint density at radius 3 is 2.81 bits per heavy atom. The van der Waals surface area contributed by atoms with E-state index in [9.17, 15) is 4.39 Å². The third-order valence-electron chi connectivity index (χ3n) is 2.88. The van der Waals surface area contributed by atoms with E-state index >= 15 is 0 Å². The van der Waals surface area contributed by atoms with E-state index < -0.39 is 0 Å². The second kappa shape index (κ2) is 6.96. The summed E-state index contributed by atoms with van der Waals surface area (Å²) in [7, 11) is 1.79. The molecule has 1 aromatic heterocycles. The standard InChI is InChI=1S/C14H18FN5O/c1-3-21-9-13-17-12(19-16)8-14(18-13)20(2)11-6-4-5-10(15)7-11/h4-8H,3,9,16H2,1-2H3,(H,17,18,19). The van der Waals surface area contributed by atoms with Crippen molar-refractivity contribution in [2.45, 2.75) is 13.5 Å². The number of rotatable bonds is 6. The number of anilines is 3. The van der Waals surface area contributed by atoms with Crippen LogP contribution in [-0.4, -0.2) is 23.6 Å². The normalized spacial score (nSPS) is 10.5. The van der Waals surface area contributed by atoms with E-state index in [1.54, 1.807) is 30.1 Å². The van der Waals surface area contributed by atoms with Gasteiger partial charge in [0.1, 0.15) is 24.1 Å². The SMILES string of the molecule is CCOCc1nc(NN)cc(N(C)c2cccc(F)c2)n1. The van der Waals surface area contributed by atoms with E-state index in [0.717, 1.165) is 0 Å². The van der Waals surface area contributed by atoms with Gasteiger partial charge in [0, 0.05) is 25.4 Å². The molecule has 2 aromatic rings. The van der Waals surface area contributed by atoms with Crippen LogP contribution in [0.5, 0.6) is 0 Å². The number of nitrogens with one attached hydrogen (secondary N) is 1. The number of aromatic nitrogens is 2. The van der Waals surface area contributed by atoms with E-state index in [1.807, 2.05) is 6.92 Å². The Hall–Kier alpha value is -2.25. The highest BCUT2D eigenvalue weighted by Gasteiger charge is 2.10. The zero-order valence-corrected chi connectivity index (χ0v) is 12.0. The van der Waals surface area contributed by atoms with Crippen LogP contribution in [0.3, 0.4) is 0 Å². The molecule has 0 saturated heterocycles. The molecule has 0 saturated carbocycles. The van der Waals surface area contributed by atoms with Crippen LogP contribution in [0.4, 0.5) is 21.7 Å². The monoisotopic (exact) mass is 291 g/mol. The average Bonchev–Trinajstić information content (AvgIpc) is 2.51. The molecule has 0 radical (unpaired) electrons. The molecule has 112 valence electrons. The lowest BCUT2D eigenvalue weighted by Crippen LogP contribution is -2.16. The molecule has 6 nitrogen and oxygen atoms in total. The summed E-state index contributed by atoms with van der Waals surface area (Å²) in [6, 6.07) is 7.94. The number of hydrogen-bond donors (Lipinski definition) is 2. The predicted molar refractivity (Wildman–Crippen MR) is 79.6 cm³/mol. The topological polar surface area (TPSA) is 76.3 Å². The van der Waals surface area contributed by atoms with E-state index in [2.05, 4.69) is 15.4 Å². The Bertz CT molecular complexity index is 608. The summed E-state index contributed by atoms with van der Waals surface area (Å²) in [6.07, 6.45) is 0. The van der Waals surface area contributed by atoms with Crippen LogP contribution >= 0.6 is 0 Å². The van der Waals surface area contributed by atoms with Gasteiger partial charge < -0.3 is 15.1 Å². The first-order chi connectivity index (χ1) is 10.1. The van der Waals surface area contributed by atoms with E-state index in [0.29, 0.717) is 29.8 Å². The predicted octanol–water partition coefficient (Wildman–Crippen LogP) is 2.21. The molecule has 0 spiro atoms. The maximum Gasteiger partial charge on any atom is 0.158 e. The van der Waals surface area contributed by atoms with Crippen molar-refractivity contribution in [2.24, 2.45) is 5.84 Å². The first-order valence-corrected chi connectivity index (χ1v) is 6.55. The number of halogens is 1. The van der Waals surface area contributed by atoms with Crippen molar-refractivity contribution in [2.75, 3.05) is 24.0 Å². The van der Waals surface area contributed by atoms with E-state index in [4.69, 9.17) is 10.6 Å². The molecule has 0 atom stereocenters. The third-order valence-corrected chi connectivity index (χ3v) is 2.88. The molecule has 1 aromatic carbocycles. The van der Waals surface area contributed by atoms with Gasteiger partial charge in [0.25, 0.3) is 0 Å². The minimum absolute atomic E-state index is 0.288. The lowest BCUT2D eigenvalue weighted by Gasteiger charge is -2.19. The molecule has 0 fully saturated rings. The quantitative estimate of drug-likeness (QED) is 0.627. The Morgan fingerprint density at radius 1 is 1.33 bits per heavy atom. The fourth-order valence-electron chi connectivity index (χ4n) is 1.80. The molecular formula is C14H18FN5O. The minimum atomic E-state index is -0.305. The molecular weight excluding hydrogens is 273 g/mol.